The molecule has 8 rings (SSSR count). The normalized spacial score (nSPS) is 14.1. The molecule has 0 N–H and O–H groups in total. The lowest BCUT2D eigenvalue weighted by Gasteiger charge is -2.18. The van der Waals surface area contributed by atoms with Crippen LogP contribution >= 0.6 is 0 Å². The molecule has 0 aliphatic heterocycles. The van der Waals surface area contributed by atoms with Crippen LogP contribution in [0.5, 0.6) is 0 Å². The topological polar surface area (TPSA) is 17.8 Å². The van der Waals surface area contributed by atoms with Crippen LogP contribution in [0, 0.1) is 0 Å². The van der Waals surface area contributed by atoms with Gasteiger partial charge in [0.25, 0.3) is 0 Å². The monoisotopic (exact) mass is 558 g/mol. The zero-order chi connectivity index (χ0) is 35.7. The van der Waals surface area contributed by atoms with Gasteiger partial charge < -0.3 is 0 Å². The SMILES string of the molecule is [2H]c1c([2H])c([2H])c2c(-c3ccc(-c4ccc(-n5c(CC)nc6ccccc65)cc4)cc3)c3c([2H])c([2H])c([2H])c([2H])c3c(-c3ccccc3)c2c1[2H]. The van der Waals surface area contributed by atoms with Gasteiger partial charge in [-0.2, -0.15) is 0 Å². The molecule has 2 heteroatoms. The lowest BCUT2D eigenvalue weighted by molar-refractivity contribution is 0.908. The number of fused-ring (bicyclic) bond motifs is 3. The molecule has 0 spiro atoms. The van der Waals surface area contributed by atoms with E-state index in [1.165, 1.54) is 0 Å². The van der Waals surface area contributed by atoms with E-state index in [0.717, 1.165) is 40.1 Å². The molecule has 0 fully saturated rings. The van der Waals surface area contributed by atoms with Crippen LogP contribution in [0.2, 0.25) is 0 Å². The highest BCUT2D eigenvalue weighted by molar-refractivity contribution is 6.21. The number of imidazole rings is 1. The quantitative estimate of drug-likeness (QED) is 0.192. The summed E-state index contributed by atoms with van der Waals surface area (Å²) in [5.74, 6) is 0.974. The minimum Gasteiger partial charge on any atom is -0.296 e. The van der Waals surface area contributed by atoms with E-state index in [9.17, 15) is 0 Å². The van der Waals surface area contributed by atoms with Crippen LogP contribution in [-0.2, 0) is 6.42 Å². The van der Waals surface area contributed by atoms with E-state index in [1.54, 1.807) is 24.3 Å². The lowest BCUT2D eigenvalue weighted by Crippen LogP contribution is -1.99. The number of hydrogen-bond acceptors (Lipinski definition) is 1. The fourth-order valence-corrected chi connectivity index (χ4v) is 6.04. The molecule has 43 heavy (non-hydrogen) atoms. The highest BCUT2D eigenvalue weighted by Crippen LogP contribution is 2.43. The molecule has 0 bridgehead atoms. The second kappa shape index (κ2) is 10.4. The molecular weight excluding hydrogens is 520 g/mol. The highest BCUT2D eigenvalue weighted by Gasteiger charge is 2.16. The van der Waals surface area contributed by atoms with Crippen molar-refractivity contribution >= 4 is 32.6 Å². The molecule has 2 nitrogen and oxygen atoms in total. The number of aryl methyl sites for hydroxylation is 1. The van der Waals surface area contributed by atoms with Gasteiger partial charge in [-0.1, -0.05) is 134 Å². The molecule has 0 saturated carbocycles. The Morgan fingerprint density at radius 2 is 1.00 bits per heavy atom. The smallest absolute Gasteiger partial charge is 0.114 e. The first-order valence-corrected chi connectivity index (χ1v) is 14.3. The predicted molar refractivity (Wildman–Crippen MR) is 182 cm³/mol. The number of benzene rings is 7. The van der Waals surface area contributed by atoms with E-state index in [1.807, 2.05) is 60.7 Å². The third kappa shape index (κ3) is 4.23. The molecule has 1 aromatic heterocycles. The number of rotatable bonds is 5. The van der Waals surface area contributed by atoms with Gasteiger partial charge in [0.15, 0.2) is 0 Å². The van der Waals surface area contributed by atoms with Gasteiger partial charge in [-0.15, -0.1) is 0 Å². The Balaban J connectivity index is 1.36. The molecule has 0 aliphatic rings. The van der Waals surface area contributed by atoms with E-state index in [2.05, 4.69) is 29.7 Å². The second-order valence-electron chi connectivity index (χ2n) is 10.4. The van der Waals surface area contributed by atoms with E-state index in [0.29, 0.717) is 22.3 Å². The molecule has 0 radical (unpaired) electrons. The van der Waals surface area contributed by atoms with Crippen LogP contribution < -0.4 is 0 Å². The summed E-state index contributed by atoms with van der Waals surface area (Å²) in [7, 11) is 0. The summed E-state index contributed by atoms with van der Waals surface area (Å²) in [6, 6.07) is 30.1. The number of hydrogen-bond donors (Lipinski definition) is 0. The fourth-order valence-electron chi connectivity index (χ4n) is 6.04. The van der Waals surface area contributed by atoms with Crippen molar-refractivity contribution in [2.75, 3.05) is 0 Å². The van der Waals surface area contributed by atoms with Crippen molar-refractivity contribution in [3.8, 4) is 39.1 Å². The summed E-state index contributed by atoms with van der Waals surface area (Å²) in [6.45, 7) is 2.09. The van der Waals surface area contributed by atoms with Gasteiger partial charge in [-0.3, -0.25) is 4.57 Å². The van der Waals surface area contributed by atoms with Crippen LogP contribution in [0.15, 0.2) is 151 Å². The Bertz CT molecular complexity index is 2600. The van der Waals surface area contributed by atoms with Crippen molar-refractivity contribution in [2.45, 2.75) is 13.3 Å². The molecule has 0 amide bonds. The minimum atomic E-state index is -0.415. The number of nitrogens with zero attached hydrogens (tertiary/aromatic N) is 2. The van der Waals surface area contributed by atoms with Gasteiger partial charge in [0.2, 0.25) is 0 Å². The van der Waals surface area contributed by atoms with E-state index >= 15 is 0 Å². The summed E-state index contributed by atoms with van der Waals surface area (Å²) < 4.78 is 72.9. The van der Waals surface area contributed by atoms with E-state index in [4.69, 9.17) is 16.0 Å². The summed E-state index contributed by atoms with van der Waals surface area (Å²) in [5, 5.41) is 0.818. The first-order valence-electron chi connectivity index (χ1n) is 18.3. The molecule has 0 aliphatic carbocycles. The second-order valence-corrected chi connectivity index (χ2v) is 10.4. The van der Waals surface area contributed by atoms with Gasteiger partial charge in [0, 0.05) is 12.1 Å². The molecule has 0 saturated heterocycles. The first kappa shape index (κ1) is 18.1. The summed E-state index contributed by atoms with van der Waals surface area (Å²) >= 11 is 0. The zero-order valence-electron chi connectivity index (χ0n) is 31.4. The molecule has 8 aromatic rings. The van der Waals surface area contributed by atoms with Crippen LogP contribution in [0.1, 0.15) is 23.7 Å². The van der Waals surface area contributed by atoms with Crippen molar-refractivity contribution < 1.29 is 11.0 Å². The van der Waals surface area contributed by atoms with Crippen molar-refractivity contribution in [1.29, 1.82) is 0 Å². The Morgan fingerprint density at radius 1 is 0.535 bits per heavy atom. The molecule has 1 heterocycles. The number of para-hydroxylation sites is 2. The van der Waals surface area contributed by atoms with Gasteiger partial charge in [-0.05, 0) is 79.2 Å². The Hall–Kier alpha value is -5.47. The maximum Gasteiger partial charge on any atom is 0.114 e. The van der Waals surface area contributed by atoms with Crippen molar-refractivity contribution in [2.24, 2.45) is 0 Å². The van der Waals surface area contributed by atoms with Crippen molar-refractivity contribution in [3.05, 3.63) is 157 Å². The van der Waals surface area contributed by atoms with Crippen molar-refractivity contribution in [3.63, 3.8) is 0 Å². The Labute approximate surface area is 262 Å². The van der Waals surface area contributed by atoms with Crippen LogP contribution in [-0.4, -0.2) is 9.55 Å². The Kier molecular flexibility index (Phi) is 4.40. The summed E-state index contributed by atoms with van der Waals surface area (Å²) in [4.78, 5) is 4.80. The zero-order valence-corrected chi connectivity index (χ0v) is 23.4. The van der Waals surface area contributed by atoms with Gasteiger partial charge in [0.1, 0.15) is 5.82 Å². The maximum atomic E-state index is 9.12. The first-order chi connectivity index (χ1) is 24.6. The van der Waals surface area contributed by atoms with Crippen LogP contribution in [0.4, 0.5) is 0 Å². The highest BCUT2D eigenvalue weighted by atomic mass is 15.1. The van der Waals surface area contributed by atoms with Gasteiger partial charge >= 0.3 is 0 Å². The standard InChI is InChI=1S/C41H30N2/c1-2-39-42-37-18-10-11-19-38(37)43(39)32-26-24-29(25-27-32)28-20-22-31(23-21-28)41-35-16-8-6-14-33(35)40(30-12-4-3-5-13-30)34-15-7-9-17-36(34)41/h3-27H,2H2,1H3/i6D,7D,8D,9D,14D,15D,16D,17D. The van der Waals surface area contributed by atoms with Crippen molar-refractivity contribution in [1.82, 2.24) is 9.55 Å². The summed E-state index contributed by atoms with van der Waals surface area (Å²) in [5.41, 5.74) is 6.69. The van der Waals surface area contributed by atoms with Gasteiger partial charge in [-0.25, -0.2) is 4.98 Å². The largest absolute Gasteiger partial charge is 0.296 e. The van der Waals surface area contributed by atoms with E-state index in [-0.39, 0.29) is 45.7 Å². The average molecular weight is 559 g/mol. The third-order valence-electron chi connectivity index (χ3n) is 8.02. The molecule has 0 unspecified atom stereocenters. The third-order valence-corrected chi connectivity index (χ3v) is 8.02. The molecule has 7 aromatic carbocycles. The maximum absolute atomic E-state index is 9.12. The van der Waals surface area contributed by atoms with E-state index < -0.39 is 24.2 Å². The lowest BCUT2D eigenvalue weighted by atomic mass is 9.86. The van der Waals surface area contributed by atoms with Gasteiger partial charge in [0.05, 0.1) is 22.0 Å². The predicted octanol–water partition coefficient (Wildman–Crippen LogP) is 10.9. The minimum absolute atomic E-state index is 0.203. The molecular formula is C41H30N2. The van der Waals surface area contributed by atoms with Crippen LogP contribution in [0.3, 0.4) is 0 Å². The summed E-state index contributed by atoms with van der Waals surface area (Å²) in [6.07, 6.45) is 0.784. The molecule has 0 atom stereocenters. The number of aromatic nitrogens is 2. The average Bonchev–Trinajstić information content (AvgIpc) is 3.56. The Morgan fingerprint density at radius 3 is 1.56 bits per heavy atom. The molecule has 204 valence electrons. The fraction of sp³-hybridized carbons (Fsp3) is 0.0488. The van der Waals surface area contributed by atoms with Crippen LogP contribution in [0.25, 0.3) is 71.6 Å².